The van der Waals surface area contributed by atoms with Gasteiger partial charge in [-0.25, -0.2) is 39.9 Å². The number of anilines is 4. The Labute approximate surface area is 640 Å². The molecule has 4 N–H and O–H groups in total. The zero-order valence-electron chi connectivity index (χ0n) is 64.9. The van der Waals surface area contributed by atoms with Gasteiger partial charge < -0.3 is 21.3 Å². The molecule has 4 amide bonds. The number of nitrogens with one attached hydrogen (secondary N) is 4. The van der Waals surface area contributed by atoms with E-state index in [4.69, 9.17) is 39.9 Å². The van der Waals surface area contributed by atoms with Gasteiger partial charge in [0.2, 0.25) is 23.6 Å². The third-order valence-electron chi connectivity index (χ3n) is 24.5. The number of benzene rings is 4. The van der Waals surface area contributed by atoms with Gasteiger partial charge in [0, 0.05) is 71.6 Å². The normalized spacial score (nSPS) is 17.9. The first-order valence-electron chi connectivity index (χ1n) is 41.9. The summed E-state index contributed by atoms with van der Waals surface area (Å²) < 4.78 is 0. The zero-order valence-corrected chi connectivity index (χ0v) is 64.9. The molecule has 4 aromatic carbocycles. The van der Waals surface area contributed by atoms with Crippen LogP contribution < -0.4 is 21.3 Å². The highest BCUT2D eigenvalue weighted by atomic mass is 16.2. The molecule has 4 aromatic heterocycles. The van der Waals surface area contributed by atoms with Crippen LogP contribution in [-0.2, 0) is 70.5 Å². The van der Waals surface area contributed by atoms with Crippen LogP contribution >= 0.6 is 0 Å². The molecule has 566 valence electrons. The van der Waals surface area contributed by atoms with Crippen LogP contribution in [0, 0.1) is 17.8 Å². The third-order valence-corrected chi connectivity index (χ3v) is 24.5. The summed E-state index contributed by atoms with van der Waals surface area (Å²) in [6, 6.07) is 34.1. The van der Waals surface area contributed by atoms with Crippen molar-refractivity contribution >= 4 is 46.9 Å². The summed E-state index contributed by atoms with van der Waals surface area (Å²) >= 11 is 0. The van der Waals surface area contributed by atoms with Crippen molar-refractivity contribution in [2.24, 2.45) is 17.8 Å². The molecule has 1 unspecified atom stereocenters. The van der Waals surface area contributed by atoms with Crippen molar-refractivity contribution in [2.75, 3.05) is 21.3 Å². The van der Waals surface area contributed by atoms with Crippen molar-refractivity contribution < 1.29 is 19.2 Å². The summed E-state index contributed by atoms with van der Waals surface area (Å²) in [4.78, 5) is 89.8. The molecular formula is C92H114N12O4. The van der Waals surface area contributed by atoms with E-state index in [1.54, 1.807) is 6.92 Å². The van der Waals surface area contributed by atoms with Gasteiger partial charge in [0.25, 0.3) is 0 Å². The first-order valence-corrected chi connectivity index (χ1v) is 41.9. The van der Waals surface area contributed by atoms with Gasteiger partial charge in [-0.1, -0.05) is 221 Å². The largest absolute Gasteiger partial charge is 0.309 e. The number of aryl methyl sites for hydroxylation is 8. The molecule has 1 atom stereocenters. The topological polar surface area (TPSA) is 220 Å². The van der Waals surface area contributed by atoms with Crippen molar-refractivity contribution in [1.29, 1.82) is 0 Å². The first-order chi connectivity index (χ1) is 52.8. The second-order valence-electron chi connectivity index (χ2n) is 32.9. The van der Waals surface area contributed by atoms with E-state index in [2.05, 4.69) is 132 Å². The van der Waals surface area contributed by atoms with Crippen LogP contribution in [0.3, 0.4) is 0 Å². The van der Waals surface area contributed by atoms with Crippen LogP contribution in [0.25, 0.3) is 45.0 Å². The second-order valence-corrected chi connectivity index (χ2v) is 32.9. The fraction of sp³-hybridized carbons (Fsp3) is 0.522. The molecular weight excluding hydrogens is 1340 g/mol. The summed E-state index contributed by atoms with van der Waals surface area (Å²) in [6.45, 7) is 9.69. The van der Waals surface area contributed by atoms with E-state index >= 15 is 0 Å². The Morgan fingerprint density at radius 3 is 0.944 bits per heavy atom. The van der Waals surface area contributed by atoms with Crippen LogP contribution in [0.4, 0.5) is 23.3 Å². The molecule has 16 heteroatoms. The predicted octanol–water partition coefficient (Wildman–Crippen LogP) is 21.0. The minimum Gasteiger partial charge on any atom is -0.309 e. The molecule has 0 spiro atoms. The average Bonchev–Trinajstić information content (AvgIpc) is 0.774. The molecule has 9 aliphatic carbocycles. The van der Waals surface area contributed by atoms with Gasteiger partial charge in [-0.3, -0.25) is 19.2 Å². The van der Waals surface area contributed by atoms with Gasteiger partial charge in [0.05, 0.1) is 68.3 Å². The molecule has 5 fully saturated rings. The number of nitrogens with zero attached hydrogens (tertiary/aromatic N) is 8. The molecule has 0 radical (unpaired) electrons. The minimum atomic E-state index is -0.0717. The Morgan fingerprint density at radius 2 is 0.639 bits per heavy atom. The van der Waals surface area contributed by atoms with Crippen molar-refractivity contribution in [3.63, 3.8) is 0 Å². The van der Waals surface area contributed by atoms with Gasteiger partial charge in [-0.15, -0.1) is 0 Å². The summed E-state index contributed by atoms with van der Waals surface area (Å²) in [7, 11) is 0. The summed E-state index contributed by atoms with van der Waals surface area (Å²) in [5.74, 6) is 5.51. The maximum absolute atomic E-state index is 12.9. The fourth-order valence-corrected chi connectivity index (χ4v) is 18.4. The summed E-state index contributed by atoms with van der Waals surface area (Å²) in [5, 5.41) is 12.4. The molecule has 0 bridgehead atoms. The lowest BCUT2D eigenvalue weighted by atomic mass is 9.85. The molecule has 0 saturated heterocycles. The molecule has 17 rings (SSSR count). The van der Waals surface area contributed by atoms with Crippen LogP contribution in [0.1, 0.15) is 306 Å². The number of carbonyl (C=O) groups excluding carboxylic acids is 4. The Hall–Kier alpha value is -8.92. The Kier molecular flexibility index (Phi) is 25.3. The third kappa shape index (κ3) is 18.3. The van der Waals surface area contributed by atoms with Crippen LogP contribution in [0.2, 0.25) is 0 Å². The quantitative estimate of drug-likeness (QED) is 0.0799. The zero-order chi connectivity index (χ0) is 74.5. The molecule has 5 saturated carbocycles. The van der Waals surface area contributed by atoms with Crippen molar-refractivity contribution in [2.45, 2.75) is 289 Å². The van der Waals surface area contributed by atoms with Gasteiger partial charge in [0.15, 0.2) is 23.3 Å². The molecule has 0 aliphatic heterocycles. The number of aromatic nitrogens is 8. The highest BCUT2D eigenvalue weighted by molar-refractivity contribution is 5.93. The number of fused-ring (bicyclic) bond motifs is 12. The number of rotatable bonds is 14. The SMILES string of the molecule is CC(=O)Nc1nc2c(nc1C1CCCCC1)-c1ccccc1CC2.CC(C)CC(=O)Nc1nc2c(nc1C1CCCCC1)-c1ccccc1CC2.CCC(C)C(=O)Nc1nc2c(nc1C1CCCCC1)-c1ccccc1CC2.O=C(CC1CCCCC1)Nc1nc2c(nc1C1CCCCC1)-c1ccccc1CC2. The minimum absolute atomic E-state index is 0.0113. The summed E-state index contributed by atoms with van der Waals surface area (Å²) in [6.07, 6.45) is 40.0. The lowest BCUT2D eigenvalue weighted by Gasteiger charge is -2.27. The average molecular weight is 1450 g/mol. The molecule has 108 heavy (non-hydrogen) atoms. The number of hydrogen-bond acceptors (Lipinski definition) is 12. The standard InChI is InChI=1S/C26H33N3O.2C23H29N3O.C20H23N3O/c30-23(17-18-9-3-1-4-10-18)28-26-24(20-12-5-2-6-13-20)29-25-21-14-8-7-11-19(21)15-16-22(25)27-26;1-15(2)14-20(27)25-23-21(17-9-4-3-5-10-17)26-22-18-11-7-6-8-16(18)12-13-19(22)24-23;1-3-15(2)23(27)26-22-20(17-10-5-4-6-11-17)25-21-18-12-8-7-9-16(18)13-14-19(21)24-22;1-13(24)21-20-18(15-8-3-2-4-9-15)23-19-16-10-6-5-7-14(16)11-12-17(19)22-20/h7-8,11,14,18,20H,1-6,9-10,12-13,15-17H2,(H,27,28,30);6-8,11,15,17H,3-5,9-10,12-14H2,1-2H3,(H,24,25,27);7-9,12,15,17H,3-6,10-11,13-14H2,1-2H3,(H,24,26,27);5-7,10,15H,2-4,8-9,11-12H2,1H3,(H,21,22,24). The highest BCUT2D eigenvalue weighted by Gasteiger charge is 2.33. The van der Waals surface area contributed by atoms with E-state index in [1.165, 1.54) is 154 Å². The maximum Gasteiger partial charge on any atom is 0.228 e. The van der Waals surface area contributed by atoms with Gasteiger partial charge in [-0.05, 0) is 156 Å². The van der Waals surface area contributed by atoms with Crippen molar-refractivity contribution in [3.8, 4) is 45.0 Å². The monoisotopic (exact) mass is 1450 g/mol. The van der Waals surface area contributed by atoms with Crippen LogP contribution in [-0.4, -0.2) is 63.5 Å². The predicted molar refractivity (Wildman–Crippen MR) is 433 cm³/mol. The lowest BCUT2D eigenvalue weighted by Crippen LogP contribution is -2.24. The van der Waals surface area contributed by atoms with Crippen molar-refractivity contribution in [3.05, 3.63) is 165 Å². The molecule has 16 nitrogen and oxygen atoms in total. The number of hydrogen-bond donors (Lipinski definition) is 4. The fourth-order valence-electron chi connectivity index (χ4n) is 18.4. The van der Waals surface area contributed by atoms with Gasteiger partial charge >= 0.3 is 0 Å². The van der Waals surface area contributed by atoms with Gasteiger partial charge in [0.1, 0.15) is 0 Å². The van der Waals surface area contributed by atoms with E-state index < -0.39 is 0 Å². The number of amides is 4. The van der Waals surface area contributed by atoms with E-state index in [0.717, 1.165) is 183 Å². The molecule has 9 aliphatic rings. The smallest absolute Gasteiger partial charge is 0.228 e. The second kappa shape index (κ2) is 36.1. The Bertz CT molecular complexity index is 4500. The van der Waals surface area contributed by atoms with Crippen LogP contribution in [0.5, 0.6) is 0 Å². The van der Waals surface area contributed by atoms with Gasteiger partial charge in [-0.2, -0.15) is 0 Å². The van der Waals surface area contributed by atoms with E-state index in [-0.39, 0.29) is 29.5 Å². The molecule has 4 heterocycles. The first kappa shape index (κ1) is 75.9. The summed E-state index contributed by atoms with van der Waals surface area (Å²) in [5.41, 5.74) is 22.5. The van der Waals surface area contributed by atoms with Crippen molar-refractivity contribution in [1.82, 2.24) is 39.9 Å². The van der Waals surface area contributed by atoms with E-state index in [9.17, 15) is 19.2 Å². The molecule has 8 aromatic rings. The maximum atomic E-state index is 12.9. The van der Waals surface area contributed by atoms with Crippen LogP contribution in [0.15, 0.2) is 97.1 Å². The number of carbonyl (C=O) groups is 4. The Balaban J connectivity index is 0.000000121. The lowest BCUT2D eigenvalue weighted by molar-refractivity contribution is -0.119. The Morgan fingerprint density at radius 1 is 0.352 bits per heavy atom. The van der Waals surface area contributed by atoms with E-state index in [1.807, 2.05) is 13.8 Å². The van der Waals surface area contributed by atoms with E-state index in [0.29, 0.717) is 65.8 Å². The highest BCUT2D eigenvalue weighted by Crippen LogP contribution is 2.45.